The van der Waals surface area contributed by atoms with Crippen LogP contribution in [0.4, 0.5) is 5.69 Å². The Hall–Kier alpha value is -1.02. The molecule has 1 saturated carbocycles. The first-order valence-electron chi connectivity index (χ1n) is 5.90. The molecule has 1 aliphatic rings. The number of nitrogens with one attached hydrogen (secondary N) is 1. The van der Waals surface area contributed by atoms with Crippen LogP contribution in [0.25, 0.3) is 0 Å². The summed E-state index contributed by atoms with van der Waals surface area (Å²) >= 11 is 0. The Labute approximate surface area is 91.9 Å². The van der Waals surface area contributed by atoms with Crippen LogP contribution < -0.4 is 11.1 Å². The van der Waals surface area contributed by atoms with Crippen LogP contribution in [0.5, 0.6) is 0 Å². The molecule has 0 spiro atoms. The van der Waals surface area contributed by atoms with Crippen LogP contribution in [-0.2, 0) is 6.42 Å². The molecule has 0 heterocycles. The van der Waals surface area contributed by atoms with Crippen molar-refractivity contribution in [3.63, 3.8) is 0 Å². The number of hydrogen-bond acceptors (Lipinski definition) is 2. The Morgan fingerprint density at radius 3 is 2.60 bits per heavy atom. The average Bonchev–Trinajstić information content (AvgIpc) is 3.04. The summed E-state index contributed by atoms with van der Waals surface area (Å²) in [6.07, 6.45) is 5.24. The van der Waals surface area contributed by atoms with Gasteiger partial charge in [0.1, 0.15) is 0 Å². The molecule has 0 unspecified atom stereocenters. The predicted molar refractivity (Wildman–Crippen MR) is 64.8 cm³/mol. The summed E-state index contributed by atoms with van der Waals surface area (Å²) in [5.41, 5.74) is 7.87. The minimum absolute atomic E-state index is 0.852. The molecule has 0 aliphatic heterocycles. The second kappa shape index (κ2) is 5.17. The van der Waals surface area contributed by atoms with Crippen LogP contribution >= 0.6 is 0 Å². The van der Waals surface area contributed by atoms with E-state index in [1.54, 1.807) is 0 Å². The summed E-state index contributed by atoms with van der Waals surface area (Å²) in [6.45, 7) is 2.36. The maximum absolute atomic E-state index is 5.63. The van der Waals surface area contributed by atoms with Gasteiger partial charge in [-0.1, -0.05) is 12.1 Å². The molecule has 0 atom stereocenters. The lowest BCUT2D eigenvalue weighted by atomic mass is 10.1. The van der Waals surface area contributed by atoms with Crippen molar-refractivity contribution < 1.29 is 0 Å². The van der Waals surface area contributed by atoms with Gasteiger partial charge in [-0.15, -0.1) is 0 Å². The zero-order valence-corrected chi connectivity index (χ0v) is 9.21. The fraction of sp³-hybridized carbons (Fsp3) is 0.538. The van der Waals surface area contributed by atoms with E-state index in [1.807, 2.05) is 12.1 Å². The van der Waals surface area contributed by atoms with E-state index in [-0.39, 0.29) is 0 Å². The number of nitrogen functional groups attached to an aromatic ring is 1. The van der Waals surface area contributed by atoms with Crippen molar-refractivity contribution >= 4 is 5.69 Å². The molecule has 82 valence electrons. The Balaban J connectivity index is 1.58. The molecule has 0 amide bonds. The molecule has 1 aromatic carbocycles. The van der Waals surface area contributed by atoms with Gasteiger partial charge in [0.25, 0.3) is 0 Å². The van der Waals surface area contributed by atoms with E-state index in [0.717, 1.165) is 24.6 Å². The van der Waals surface area contributed by atoms with E-state index in [9.17, 15) is 0 Å². The van der Waals surface area contributed by atoms with Crippen molar-refractivity contribution in [2.45, 2.75) is 25.7 Å². The van der Waals surface area contributed by atoms with Gasteiger partial charge in [-0.3, -0.25) is 0 Å². The zero-order chi connectivity index (χ0) is 10.5. The normalized spacial score (nSPS) is 15.5. The molecular formula is C13H20N2. The number of hydrogen-bond donors (Lipinski definition) is 2. The van der Waals surface area contributed by atoms with Gasteiger partial charge < -0.3 is 11.1 Å². The third-order valence-corrected chi connectivity index (χ3v) is 2.93. The van der Waals surface area contributed by atoms with Gasteiger partial charge in [0, 0.05) is 5.69 Å². The first-order valence-corrected chi connectivity index (χ1v) is 5.90. The molecule has 3 N–H and O–H groups in total. The van der Waals surface area contributed by atoms with Crippen LogP contribution in [0.2, 0.25) is 0 Å². The zero-order valence-electron chi connectivity index (χ0n) is 9.21. The largest absolute Gasteiger partial charge is 0.399 e. The molecule has 15 heavy (non-hydrogen) atoms. The van der Waals surface area contributed by atoms with Crippen LogP contribution in [0, 0.1) is 5.92 Å². The smallest absolute Gasteiger partial charge is 0.0314 e. The van der Waals surface area contributed by atoms with Gasteiger partial charge >= 0.3 is 0 Å². The molecule has 2 nitrogen and oxygen atoms in total. The van der Waals surface area contributed by atoms with Crippen molar-refractivity contribution in [2.24, 2.45) is 5.92 Å². The quantitative estimate of drug-likeness (QED) is 0.550. The van der Waals surface area contributed by atoms with Crippen LogP contribution in [0.1, 0.15) is 24.8 Å². The van der Waals surface area contributed by atoms with Gasteiger partial charge in [-0.2, -0.15) is 0 Å². The highest BCUT2D eigenvalue weighted by Crippen LogP contribution is 2.27. The number of nitrogens with two attached hydrogens (primary N) is 1. The highest BCUT2D eigenvalue weighted by atomic mass is 14.9. The van der Waals surface area contributed by atoms with Crippen LogP contribution in [0.15, 0.2) is 24.3 Å². The maximum atomic E-state index is 5.63. The minimum atomic E-state index is 0.852. The number of benzene rings is 1. The average molecular weight is 204 g/mol. The molecule has 0 radical (unpaired) electrons. The Morgan fingerprint density at radius 1 is 1.20 bits per heavy atom. The van der Waals surface area contributed by atoms with Crippen LogP contribution in [-0.4, -0.2) is 13.1 Å². The maximum Gasteiger partial charge on any atom is 0.0314 e. The Morgan fingerprint density at radius 2 is 1.93 bits per heavy atom. The molecule has 1 aliphatic carbocycles. The topological polar surface area (TPSA) is 38.0 Å². The highest BCUT2D eigenvalue weighted by molar-refractivity contribution is 5.39. The Bertz CT molecular complexity index is 288. The summed E-state index contributed by atoms with van der Waals surface area (Å²) < 4.78 is 0. The molecular weight excluding hydrogens is 184 g/mol. The monoisotopic (exact) mass is 204 g/mol. The van der Waals surface area contributed by atoms with Gasteiger partial charge in [0.15, 0.2) is 0 Å². The molecule has 1 fully saturated rings. The van der Waals surface area contributed by atoms with E-state index < -0.39 is 0 Å². The van der Waals surface area contributed by atoms with E-state index in [1.165, 1.54) is 31.4 Å². The first kappa shape index (κ1) is 10.5. The van der Waals surface area contributed by atoms with Crippen molar-refractivity contribution in [3.05, 3.63) is 29.8 Å². The minimum Gasteiger partial charge on any atom is -0.399 e. The van der Waals surface area contributed by atoms with Crippen molar-refractivity contribution in [1.82, 2.24) is 5.32 Å². The second-order valence-corrected chi connectivity index (χ2v) is 4.49. The summed E-state index contributed by atoms with van der Waals surface area (Å²) in [5.74, 6) is 0.988. The van der Waals surface area contributed by atoms with Gasteiger partial charge in [-0.05, 0) is 62.4 Å². The van der Waals surface area contributed by atoms with Crippen molar-refractivity contribution in [3.8, 4) is 0 Å². The van der Waals surface area contributed by atoms with Gasteiger partial charge in [0.05, 0.1) is 0 Å². The molecule has 1 aromatic rings. The van der Waals surface area contributed by atoms with Crippen molar-refractivity contribution in [2.75, 3.05) is 18.8 Å². The second-order valence-electron chi connectivity index (χ2n) is 4.49. The lowest BCUT2D eigenvalue weighted by Crippen LogP contribution is -2.18. The van der Waals surface area contributed by atoms with Crippen LogP contribution in [0.3, 0.4) is 0 Å². The number of anilines is 1. The molecule has 0 aromatic heterocycles. The summed E-state index contributed by atoms with van der Waals surface area (Å²) in [4.78, 5) is 0. The van der Waals surface area contributed by atoms with Gasteiger partial charge in [-0.25, -0.2) is 0 Å². The van der Waals surface area contributed by atoms with E-state index >= 15 is 0 Å². The standard InChI is InChI=1S/C13H20N2/c14-13-7-5-11(6-8-13)2-1-9-15-10-12-3-4-12/h5-8,12,15H,1-4,9-10,14H2. The SMILES string of the molecule is Nc1ccc(CCCNCC2CC2)cc1. The van der Waals surface area contributed by atoms with E-state index in [0.29, 0.717) is 0 Å². The fourth-order valence-electron chi connectivity index (χ4n) is 1.73. The predicted octanol–water partition coefficient (Wildman–Crippen LogP) is 2.20. The van der Waals surface area contributed by atoms with Gasteiger partial charge in [0.2, 0.25) is 0 Å². The number of aryl methyl sites for hydroxylation is 1. The molecule has 0 bridgehead atoms. The fourth-order valence-corrected chi connectivity index (χ4v) is 1.73. The molecule has 0 saturated heterocycles. The molecule has 2 rings (SSSR count). The number of rotatable bonds is 6. The molecule has 2 heteroatoms. The first-order chi connectivity index (χ1) is 7.34. The van der Waals surface area contributed by atoms with E-state index in [4.69, 9.17) is 5.73 Å². The van der Waals surface area contributed by atoms with E-state index in [2.05, 4.69) is 17.4 Å². The summed E-state index contributed by atoms with van der Waals surface area (Å²) in [7, 11) is 0. The third kappa shape index (κ3) is 3.92. The summed E-state index contributed by atoms with van der Waals surface area (Å²) in [6, 6.07) is 8.20. The third-order valence-electron chi connectivity index (χ3n) is 2.93. The Kier molecular flexibility index (Phi) is 3.62. The van der Waals surface area contributed by atoms with Crippen molar-refractivity contribution in [1.29, 1.82) is 0 Å². The lowest BCUT2D eigenvalue weighted by Gasteiger charge is -2.04. The highest BCUT2D eigenvalue weighted by Gasteiger charge is 2.19. The lowest BCUT2D eigenvalue weighted by molar-refractivity contribution is 0.613. The summed E-state index contributed by atoms with van der Waals surface area (Å²) in [5, 5.41) is 3.50.